The summed E-state index contributed by atoms with van der Waals surface area (Å²) in [4.78, 5) is 25.8. The summed E-state index contributed by atoms with van der Waals surface area (Å²) in [7, 11) is 0. The molecule has 2 atom stereocenters. The number of aromatic nitrogens is 4. The van der Waals surface area contributed by atoms with Crippen molar-refractivity contribution in [1.82, 2.24) is 24.6 Å². The number of hydrogen-bond acceptors (Lipinski definition) is 5. The van der Waals surface area contributed by atoms with E-state index in [2.05, 4.69) is 10.1 Å². The third kappa shape index (κ3) is 3.45. The van der Waals surface area contributed by atoms with Gasteiger partial charge in [-0.1, -0.05) is 6.07 Å². The highest BCUT2D eigenvalue weighted by Gasteiger charge is 2.41. The summed E-state index contributed by atoms with van der Waals surface area (Å²) in [6.07, 6.45) is 6.79. The molecule has 6 rings (SSSR count). The van der Waals surface area contributed by atoms with E-state index in [0.29, 0.717) is 34.9 Å². The highest BCUT2D eigenvalue weighted by Crippen LogP contribution is 2.39. The number of aryl methyl sites for hydroxylation is 1. The van der Waals surface area contributed by atoms with Crippen LogP contribution in [0.1, 0.15) is 35.2 Å². The van der Waals surface area contributed by atoms with Gasteiger partial charge in [0.05, 0.1) is 22.3 Å². The second-order valence-corrected chi connectivity index (χ2v) is 9.74. The zero-order valence-electron chi connectivity index (χ0n) is 18.1. The van der Waals surface area contributed by atoms with Crippen LogP contribution in [0.2, 0.25) is 0 Å². The summed E-state index contributed by atoms with van der Waals surface area (Å²) in [6.45, 7) is 2.75. The summed E-state index contributed by atoms with van der Waals surface area (Å²) < 4.78 is 15.1. The van der Waals surface area contributed by atoms with Crippen molar-refractivity contribution in [3.63, 3.8) is 0 Å². The lowest BCUT2D eigenvalue weighted by Crippen LogP contribution is -2.37. The highest BCUT2D eigenvalue weighted by molar-refractivity contribution is 7.13. The fourth-order valence-corrected chi connectivity index (χ4v) is 5.84. The number of piperidine rings is 1. The summed E-state index contributed by atoms with van der Waals surface area (Å²) in [5.41, 5.74) is 3.67. The first kappa shape index (κ1) is 20.2. The summed E-state index contributed by atoms with van der Waals surface area (Å²) in [5.74, 6) is 0.738. The smallest absolute Gasteiger partial charge is 0.258 e. The number of likely N-dealkylation sites (tertiary alicyclic amines) is 1. The summed E-state index contributed by atoms with van der Waals surface area (Å²) >= 11 is 1.56. The van der Waals surface area contributed by atoms with E-state index >= 15 is 0 Å². The van der Waals surface area contributed by atoms with E-state index < -0.39 is 0 Å². The van der Waals surface area contributed by atoms with Gasteiger partial charge in [-0.2, -0.15) is 9.78 Å². The first-order valence-corrected chi connectivity index (χ1v) is 12.0. The molecule has 6 nitrogen and oxygen atoms in total. The number of thiophene rings is 1. The molecule has 4 heterocycles. The minimum Gasteiger partial charge on any atom is -0.335 e. The van der Waals surface area contributed by atoms with Gasteiger partial charge in [0.2, 0.25) is 0 Å². The molecule has 33 heavy (non-hydrogen) atoms. The summed E-state index contributed by atoms with van der Waals surface area (Å²) in [5, 5.41) is 6.55. The molecule has 1 saturated heterocycles. The van der Waals surface area contributed by atoms with Crippen molar-refractivity contribution in [3.05, 3.63) is 71.1 Å². The topological polar surface area (TPSA) is 63.9 Å². The molecular weight excluding hydrogens is 437 g/mol. The molecule has 1 saturated carbocycles. The number of benzene rings is 1. The number of amides is 1. The molecule has 1 aliphatic carbocycles. The average molecular weight is 460 g/mol. The highest BCUT2D eigenvalue weighted by atomic mass is 32.1. The van der Waals surface area contributed by atoms with Crippen LogP contribution in [0.25, 0.3) is 27.8 Å². The number of carbonyl (C=O) groups is 1. The van der Waals surface area contributed by atoms with E-state index in [4.69, 9.17) is 4.98 Å². The molecule has 2 unspecified atom stereocenters. The number of hydrogen-bond donors (Lipinski definition) is 0. The van der Waals surface area contributed by atoms with Gasteiger partial charge in [0.25, 0.3) is 11.9 Å². The Morgan fingerprint density at radius 3 is 2.70 bits per heavy atom. The van der Waals surface area contributed by atoms with Gasteiger partial charge < -0.3 is 4.90 Å². The Labute approximate surface area is 194 Å². The van der Waals surface area contributed by atoms with Crippen LogP contribution in [0.15, 0.2) is 54.2 Å². The maximum atomic E-state index is 13.6. The molecule has 2 aliphatic rings. The van der Waals surface area contributed by atoms with Gasteiger partial charge in [0.15, 0.2) is 0 Å². The predicted molar refractivity (Wildman–Crippen MR) is 125 cm³/mol. The molecule has 1 amide bonds. The van der Waals surface area contributed by atoms with Crippen molar-refractivity contribution in [1.29, 1.82) is 0 Å². The molecule has 3 aromatic heterocycles. The zero-order chi connectivity index (χ0) is 22.5. The largest absolute Gasteiger partial charge is 0.335 e. The van der Waals surface area contributed by atoms with Gasteiger partial charge in [-0.15, -0.1) is 11.3 Å². The van der Waals surface area contributed by atoms with Crippen molar-refractivity contribution in [2.75, 3.05) is 6.54 Å². The first-order chi connectivity index (χ1) is 16.1. The number of fused-ring (bicyclic) bond motifs is 2. The van der Waals surface area contributed by atoms with E-state index in [1.807, 2.05) is 29.3 Å². The number of nitrogens with zero attached hydrogens (tertiary/aromatic N) is 5. The van der Waals surface area contributed by atoms with Crippen molar-refractivity contribution >= 4 is 17.2 Å². The van der Waals surface area contributed by atoms with Crippen molar-refractivity contribution < 1.29 is 9.18 Å². The van der Waals surface area contributed by atoms with Crippen molar-refractivity contribution in [2.45, 2.75) is 32.2 Å². The Hall–Kier alpha value is -3.39. The maximum Gasteiger partial charge on any atom is 0.258 e. The third-order valence-corrected chi connectivity index (χ3v) is 7.57. The van der Waals surface area contributed by atoms with Gasteiger partial charge in [0.1, 0.15) is 11.5 Å². The Morgan fingerprint density at radius 1 is 1.15 bits per heavy atom. The second kappa shape index (κ2) is 7.88. The van der Waals surface area contributed by atoms with E-state index in [9.17, 15) is 9.18 Å². The minimum atomic E-state index is -0.295. The molecule has 2 fully saturated rings. The Bertz CT molecular complexity index is 1330. The molecule has 4 aromatic rings. The van der Waals surface area contributed by atoms with Crippen LogP contribution < -0.4 is 0 Å². The molecule has 0 radical (unpaired) electrons. The van der Waals surface area contributed by atoms with Gasteiger partial charge in [-0.05, 0) is 73.4 Å². The van der Waals surface area contributed by atoms with E-state index in [0.717, 1.165) is 35.4 Å². The number of carbonyl (C=O) groups excluding carboxylic acids is 1. The van der Waals surface area contributed by atoms with E-state index in [1.54, 1.807) is 40.5 Å². The minimum absolute atomic E-state index is 0.0303. The lowest BCUT2D eigenvalue weighted by molar-refractivity contribution is 0.0704. The molecular formula is C25H22FN5OS. The summed E-state index contributed by atoms with van der Waals surface area (Å²) in [6, 6.07) is 10.5. The fourth-order valence-electron chi connectivity index (χ4n) is 5.07. The van der Waals surface area contributed by atoms with Crippen LogP contribution >= 0.6 is 11.3 Å². The normalized spacial score (nSPS) is 19.4. The zero-order valence-corrected chi connectivity index (χ0v) is 18.9. The van der Waals surface area contributed by atoms with Gasteiger partial charge >= 0.3 is 0 Å². The van der Waals surface area contributed by atoms with Crippen LogP contribution in [0, 0.1) is 18.7 Å². The van der Waals surface area contributed by atoms with Gasteiger partial charge in [-0.3, -0.25) is 4.79 Å². The Morgan fingerprint density at radius 2 is 2.00 bits per heavy atom. The fraction of sp³-hybridized carbons (Fsp3) is 0.280. The van der Waals surface area contributed by atoms with Crippen LogP contribution in [0.4, 0.5) is 4.39 Å². The average Bonchev–Trinajstić information content (AvgIpc) is 3.63. The number of halogens is 1. The lowest BCUT2D eigenvalue weighted by Gasteiger charge is -2.27. The van der Waals surface area contributed by atoms with Crippen LogP contribution in [-0.4, -0.2) is 43.1 Å². The van der Waals surface area contributed by atoms with Gasteiger partial charge in [-0.25, -0.2) is 14.4 Å². The predicted octanol–water partition coefficient (Wildman–Crippen LogP) is 5.13. The quantitative estimate of drug-likeness (QED) is 0.424. The molecule has 8 heteroatoms. The first-order valence-electron chi connectivity index (χ1n) is 11.1. The Kier molecular flexibility index (Phi) is 4.83. The van der Waals surface area contributed by atoms with Gasteiger partial charge in [0, 0.05) is 24.3 Å². The Balaban J connectivity index is 1.45. The third-order valence-electron chi connectivity index (χ3n) is 6.69. The number of rotatable bonds is 4. The lowest BCUT2D eigenvalue weighted by atomic mass is 10.1. The van der Waals surface area contributed by atoms with Crippen molar-refractivity contribution in [2.24, 2.45) is 5.92 Å². The molecule has 166 valence electrons. The van der Waals surface area contributed by atoms with Crippen LogP contribution in [-0.2, 0) is 0 Å². The SMILES string of the molecule is Cc1cnc(-n2ncc(C(=O)N3CC4CCC3C4)c2-c2cccs2)nc1-c1ccc(F)cc1. The second-order valence-electron chi connectivity index (χ2n) is 8.79. The standard InChI is InChI=1S/C25H22FN5OS/c1-15-12-27-25(29-22(15)17-5-7-18(26)8-6-17)31-23(21-3-2-10-33-21)20(13-28-31)24(32)30-14-16-4-9-19(30)11-16/h2-3,5-8,10,12-13,16,19H,4,9,11,14H2,1H3. The van der Waals surface area contributed by atoms with Crippen LogP contribution in [0.3, 0.4) is 0 Å². The maximum absolute atomic E-state index is 13.6. The van der Waals surface area contributed by atoms with Crippen molar-refractivity contribution in [3.8, 4) is 27.8 Å². The van der Waals surface area contributed by atoms with E-state index in [1.165, 1.54) is 18.6 Å². The molecule has 2 bridgehead atoms. The van der Waals surface area contributed by atoms with E-state index in [-0.39, 0.29) is 11.7 Å². The molecule has 0 spiro atoms. The monoisotopic (exact) mass is 459 g/mol. The molecule has 0 N–H and O–H groups in total. The molecule has 1 aromatic carbocycles. The van der Waals surface area contributed by atoms with Crippen LogP contribution in [0.5, 0.6) is 0 Å². The molecule has 1 aliphatic heterocycles.